The van der Waals surface area contributed by atoms with Gasteiger partial charge in [0, 0.05) is 37.0 Å². The van der Waals surface area contributed by atoms with Crippen LogP contribution in [0.5, 0.6) is 0 Å². The van der Waals surface area contributed by atoms with E-state index in [4.69, 9.17) is 23.8 Å². The molecule has 2 N–H and O–H groups in total. The maximum atomic E-state index is 13.0. The second-order valence-electron chi connectivity index (χ2n) is 7.07. The highest BCUT2D eigenvalue weighted by atomic mass is 35.5. The number of thiocarbonyl (C=S) groups is 1. The minimum Gasteiger partial charge on any atom is -0.362 e. The first-order valence-corrected chi connectivity index (χ1v) is 9.77. The van der Waals surface area contributed by atoms with Gasteiger partial charge >= 0.3 is 0 Å². The average Bonchev–Trinajstić information content (AvgIpc) is 2.59. The number of likely N-dealkylation sites (N-methyl/N-ethyl adjacent to an activating group) is 1. The first-order valence-electron chi connectivity index (χ1n) is 8.98. The lowest BCUT2D eigenvalue weighted by Crippen LogP contribution is -3.05. The molecule has 0 bridgehead atoms. The molecule has 1 saturated carbocycles. The fourth-order valence-electron chi connectivity index (χ4n) is 3.56. The van der Waals surface area contributed by atoms with Gasteiger partial charge in [-0.1, -0.05) is 29.8 Å². The van der Waals surface area contributed by atoms with Crippen LogP contribution in [-0.2, 0) is 10.3 Å². The zero-order valence-corrected chi connectivity index (χ0v) is 17.0. The van der Waals surface area contributed by atoms with E-state index in [9.17, 15) is 4.79 Å². The SMILES string of the molecule is CN(C(=S)NCCC[NH+](C)C)[C@@]1(c2ccccc2Cl)CCCCC1=O. The summed E-state index contributed by atoms with van der Waals surface area (Å²) >= 11 is 12.1. The van der Waals surface area contributed by atoms with E-state index < -0.39 is 5.54 Å². The monoisotopic (exact) mass is 382 g/mol. The van der Waals surface area contributed by atoms with Crippen molar-refractivity contribution >= 4 is 34.7 Å². The largest absolute Gasteiger partial charge is 0.362 e. The Morgan fingerprint density at radius 3 is 2.72 bits per heavy atom. The summed E-state index contributed by atoms with van der Waals surface area (Å²) in [7, 11) is 6.19. The first-order chi connectivity index (χ1) is 11.9. The lowest BCUT2D eigenvalue weighted by atomic mass is 9.74. The highest BCUT2D eigenvalue weighted by molar-refractivity contribution is 7.80. The van der Waals surface area contributed by atoms with Gasteiger partial charge in [0.1, 0.15) is 5.54 Å². The molecule has 0 saturated heterocycles. The summed E-state index contributed by atoms with van der Waals surface area (Å²) in [6.07, 6.45) is 4.28. The van der Waals surface area contributed by atoms with Gasteiger partial charge in [-0.15, -0.1) is 0 Å². The molecule has 0 amide bonds. The van der Waals surface area contributed by atoms with Crippen molar-refractivity contribution < 1.29 is 9.69 Å². The van der Waals surface area contributed by atoms with Crippen LogP contribution in [0, 0.1) is 0 Å². The summed E-state index contributed by atoms with van der Waals surface area (Å²) in [6.45, 7) is 1.88. The first kappa shape index (κ1) is 20.1. The fraction of sp³-hybridized carbons (Fsp3) is 0.579. The third-order valence-electron chi connectivity index (χ3n) is 4.98. The van der Waals surface area contributed by atoms with E-state index in [1.54, 1.807) is 0 Å². The van der Waals surface area contributed by atoms with Gasteiger partial charge in [-0.05, 0) is 37.5 Å². The van der Waals surface area contributed by atoms with Crippen molar-refractivity contribution in [1.82, 2.24) is 10.2 Å². The van der Waals surface area contributed by atoms with Crippen LogP contribution in [0.3, 0.4) is 0 Å². The summed E-state index contributed by atoms with van der Waals surface area (Å²) in [5.41, 5.74) is 0.110. The second kappa shape index (κ2) is 8.97. The quantitative estimate of drug-likeness (QED) is 0.583. The number of ketones is 1. The summed E-state index contributed by atoms with van der Waals surface area (Å²) < 4.78 is 0. The van der Waals surface area contributed by atoms with Gasteiger partial charge in [0.25, 0.3) is 0 Å². The standard InChI is InChI=1S/C19H28ClN3OS/c1-22(2)14-8-13-21-18(25)23(3)19(12-7-6-11-17(19)24)15-9-4-5-10-16(15)20/h4-5,9-10H,6-8,11-14H2,1-3H3,(H,21,25)/p+1/t19-/m1/s1. The maximum Gasteiger partial charge on any atom is 0.169 e. The molecule has 1 aromatic carbocycles. The normalized spacial score (nSPS) is 20.6. The molecule has 6 heteroatoms. The van der Waals surface area contributed by atoms with Crippen molar-refractivity contribution in [2.45, 2.75) is 37.6 Å². The van der Waals surface area contributed by atoms with E-state index in [1.165, 1.54) is 4.90 Å². The molecule has 1 fully saturated rings. The number of rotatable bonds is 6. The molecule has 138 valence electrons. The van der Waals surface area contributed by atoms with Gasteiger partial charge in [0.15, 0.2) is 10.9 Å². The number of halogens is 1. The van der Waals surface area contributed by atoms with E-state index in [0.29, 0.717) is 16.6 Å². The predicted molar refractivity (Wildman–Crippen MR) is 107 cm³/mol. The molecular weight excluding hydrogens is 354 g/mol. The Morgan fingerprint density at radius 1 is 1.36 bits per heavy atom. The number of quaternary nitrogens is 1. The molecule has 0 heterocycles. The van der Waals surface area contributed by atoms with Crippen molar-refractivity contribution in [3.05, 3.63) is 34.9 Å². The Hall–Kier alpha value is -1.17. The number of nitrogens with one attached hydrogen (secondary N) is 2. The molecule has 0 unspecified atom stereocenters. The molecule has 0 aromatic heterocycles. The minimum atomic E-state index is -0.756. The fourth-order valence-corrected chi connectivity index (χ4v) is 4.11. The van der Waals surface area contributed by atoms with Crippen molar-refractivity contribution in [3.8, 4) is 0 Å². The minimum absolute atomic E-state index is 0.205. The molecule has 1 atom stereocenters. The van der Waals surface area contributed by atoms with Crippen molar-refractivity contribution in [2.24, 2.45) is 0 Å². The number of carbonyl (C=O) groups excluding carboxylic acids is 1. The molecule has 1 aromatic rings. The van der Waals surface area contributed by atoms with Crippen LogP contribution in [0.2, 0.25) is 5.02 Å². The van der Waals surface area contributed by atoms with Crippen LogP contribution in [0.25, 0.3) is 0 Å². The van der Waals surface area contributed by atoms with Gasteiger partial charge in [-0.2, -0.15) is 0 Å². The Balaban J connectivity index is 2.22. The van der Waals surface area contributed by atoms with Gasteiger partial charge in [0.2, 0.25) is 0 Å². The van der Waals surface area contributed by atoms with E-state index in [-0.39, 0.29) is 5.78 Å². The maximum absolute atomic E-state index is 13.0. The van der Waals surface area contributed by atoms with Crippen LogP contribution in [0.1, 0.15) is 37.7 Å². The lowest BCUT2D eigenvalue weighted by molar-refractivity contribution is -0.858. The summed E-state index contributed by atoms with van der Waals surface area (Å²) in [4.78, 5) is 16.4. The van der Waals surface area contributed by atoms with E-state index in [1.807, 2.05) is 36.2 Å². The Labute approximate surface area is 161 Å². The molecule has 0 spiro atoms. The predicted octanol–water partition coefficient (Wildman–Crippen LogP) is 2.02. The van der Waals surface area contributed by atoms with Crippen molar-refractivity contribution in [3.63, 3.8) is 0 Å². The van der Waals surface area contributed by atoms with Crippen LogP contribution < -0.4 is 10.2 Å². The van der Waals surface area contributed by atoms with Crippen LogP contribution in [-0.4, -0.2) is 50.0 Å². The number of nitrogens with zero attached hydrogens (tertiary/aromatic N) is 1. The molecule has 25 heavy (non-hydrogen) atoms. The number of carbonyl (C=O) groups is 1. The third kappa shape index (κ3) is 4.52. The lowest BCUT2D eigenvalue weighted by Gasteiger charge is -2.45. The molecule has 0 aliphatic heterocycles. The molecule has 0 radical (unpaired) electrons. The smallest absolute Gasteiger partial charge is 0.169 e. The van der Waals surface area contributed by atoms with Crippen molar-refractivity contribution in [1.29, 1.82) is 0 Å². The van der Waals surface area contributed by atoms with Gasteiger partial charge in [0.05, 0.1) is 20.6 Å². The van der Waals surface area contributed by atoms with Crippen LogP contribution >= 0.6 is 23.8 Å². The number of benzene rings is 1. The van der Waals surface area contributed by atoms with Crippen molar-refractivity contribution in [2.75, 3.05) is 34.2 Å². The Kier molecular flexibility index (Phi) is 7.23. The average molecular weight is 383 g/mol. The van der Waals surface area contributed by atoms with E-state index in [2.05, 4.69) is 19.4 Å². The van der Waals surface area contributed by atoms with E-state index in [0.717, 1.165) is 44.3 Å². The summed E-state index contributed by atoms with van der Waals surface area (Å²) in [6, 6.07) is 7.65. The molecule has 1 aliphatic carbocycles. The summed E-state index contributed by atoms with van der Waals surface area (Å²) in [5.74, 6) is 0.205. The third-order valence-corrected chi connectivity index (χ3v) is 5.73. The zero-order valence-electron chi connectivity index (χ0n) is 15.4. The summed E-state index contributed by atoms with van der Waals surface area (Å²) in [5, 5.41) is 4.56. The van der Waals surface area contributed by atoms with Crippen LogP contribution in [0.4, 0.5) is 0 Å². The molecule has 2 rings (SSSR count). The highest BCUT2D eigenvalue weighted by Crippen LogP contribution is 2.42. The van der Waals surface area contributed by atoms with E-state index >= 15 is 0 Å². The molecule has 1 aliphatic rings. The number of Topliss-reactive ketones (excluding diaryl/α,β-unsaturated/α-hetero) is 1. The van der Waals surface area contributed by atoms with Gasteiger partial charge < -0.3 is 15.1 Å². The Morgan fingerprint density at radius 2 is 2.08 bits per heavy atom. The second-order valence-corrected chi connectivity index (χ2v) is 7.87. The molecular formula is C19H29ClN3OS+. The van der Waals surface area contributed by atoms with Gasteiger partial charge in [-0.25, -0.2) is 0 Å². The number of hydrogen-bond acceptors (Lipinski definition) is 2. The molecule has 4 nitrogen and oxygen atoms in total. The Bertz CT molecular complexity index is 622. The van der Waals surface area contributed by atoms with Crippen LogP contribution in [0.15, 0.2) is 24.3 Å². The number of hydrogen-bond donors (Lipinski definition) is 2. The topological polar surface area (TPSA) is 36.8 Å². The highest BCUT2D eigenvalue weighted by Gasteiger charge is 2.46. The zero-order chi connectivity index (χ0) is 18.4. The van der Waals surface area contributed by atoms with Gasteiger partial charge in [-0.3, -0.25) is 4.79 Å².